The van der Waals surface area contributed by atoms with Gasteiger partial charge >= 0.3 is 0 Å². The smallest absolute Gasteiger partial charge is 0.126 e. The quantitative estimate of drug-likeness (QED) is 0.857. The van der Waals surface area contributed by atoms with Crippen LogP contribution >= 0.6 is 0 Å². The molecular formula is C13H17N3O. The monoisotopic (exact) mass is 231 g/mol. The van der Waals surface area contributed by atoms with Gasteiger partial charge in [-0.1, -0.05) is 6.07 Å². The molecule has 0 bridgehead atoms. The molecule has 0 aliphatic rings. The first-order valence-corrected chi connectivity index (χ1v) is 5.62. The van der Waals surface area contributed by atoms with Gasteiger partial charge in [-0.05, 0) is 31.3 Å². The number of hydrogen-bond donors (Lipinski definition) is 1. The molecule has 1 N–H and O–H groups in total. The van der Waals surface area contributed by atoms with Crippen LogP contribution in [-0.2, 0) is 13.1 Å². The van der Waals surface area contributed by atoms with Crippen molar-refractivity contribution < 1.29 is 4.42 Å². The highest BCUT2D eigenvalue weighted by molar-refractivity contribution is 5.34. The number of furan rings is 1. The minimum atomic E-state index is 0.790. The molecule has 2 aromatic rings. The molecule has 0 unspecified atom stereocenters. The molecular weight excluding hydrogens is 214 g/mol. The Labute approximate surface area is 101 Å². The molecule has 0 fully saturated rings. The maximum atomic E-state index is 5.31. The molecule has 2 heterocycles. The molecule has 0 saturated heterocycles. The van der Waals surface area contributed by atoms with E-state index in [1.165, 1.54) is 0 Å². The van der Waals surface area contributed by atoms with Gasteiger partial charge in [-0.25, -0.2) is 4.98 Å². The van der Waals surface area contributed by atoms with Crippen LogP contribution in [0.2, 0.25) is 0 Å². The summed E-state index contributed by atoms with van der Waals surface area (Å²) in [6, 6.07) is 9.88. The third-order valence-corrected chi connectivity index (χ3v) is 2.50. The van der Waals surface area contributed by atoms with E-state index in [1.54, 1.807) is 6.26 Å². The fraction of sp³-hybridized carbons (Fsp3) is 0.308. The molecule has 0 spiro atoms. The molecule has 0 amide bonds. The second-order valence-corrected chi connectivity index (χ2v) is 4.02. The first-order valence-electron chi connectivity index (χ1n) is 5.62. The minimum absolute atomic E-state index is 0.790. The largest absolute Gasteiger partial charge is 0.468 e. The van der Waals surface area contributed by atoms with Gasteiger partial charge in [-0.2, -0.15) is 0 Å². The van der Waals surface area contributed by atoms with Crippen molar-refractivity contribution in [3.8, 4) is 0 Å². The Morgan fingerprint density at radius 1 is 1.24 bits per heavy atom. The molecule has 0 aromatic carbocycles. The zero-order chi connectivity index (χ0) is 12.1. The summed E-state index contributed by atoms with van der Waals surface area (Å²) < 4.78 is 5.31. The highest BCUT2D eigenvalue weighted by Gasteiger charge is 2.04. The zero-order valence-corrected chi connectivity index (χ0v) is 10.2. The predicted octanol–water partition coefficient (Wildman–Crippen LogP) is 2.35. The summed E-state index contributed by atoms with van der Waals surface area (Å²) in [6.07, 6.45) is 1.70. The summed E-state index contributed by atoms with van der Waals surface area (Å²) in [7, 11) is 3.93. The highest BCUT2D eigenvalue weighted by atomic mass is 16.3. The van der Waals surface area contributed by atoms with Crippen LogP contribution in [0.5, 0.6) is 0 Å². The van der Waals surface area contributed by atoms with E-state index < -0.39 is 0 Å². The Morgan fingerprint density at radius 3 is 2.82 bits per heavy atom. The highest BCUT2D eigenvalue weighted by Crippen LogP contribution is 2.09. The van der Waals surface area contributed by atoms with Gasteiger partial charge < -0.3 is 9.73 Å². The SMILES string of the molecule is CNc1cccc(CN(C)Cc2ccco2)n1. The molecule has 0 radical (unpaired) electrons. The molecule has 4 nitrogen and oxygen atoms in total. The molecule has 4 heteroatoms. The molecule has 90 valence electrons. The standard InChI is InChI=1S/C13H17N3O/c1-14-13-7-3-5-11(15-13)9-16(2)10-12-6-4-8-17-12/h3-8H,9-10H2,1-2H3,(H,14,15). The number of nitrogens with one attached hydrogen (secondary N) is 1. The lowest BCUT2D eigenvalue weighted by Crippen LogP contribution is -2.17. The van der Waals surface area contributed by atoms with E-state index in [2.05, 4.69) is 22.2 Å². The van der Waals surface area contributed by atoms with Crippen LogP contribution in [0.15, 0.2) is 41.0 Å². The lowest BCUT2D eigenvalue weighted by Gasteiger charge is -2.14. The lowest BCUT2D eigenvalue weighted by atomic mass is 10.3. The minimum Gasteiger partial charge on any atom is -0.468 e. The average Bonchev–Trinajstić information content (AvgIpc) is 2.82. The van der Waals surface area contributed by atoms with Gasteiger partial charge in [0.15, 0.2) is 0 Å². The van der Waals surface area contributed by atoms with Gasteiger partial charge in [0, 0.05) is 13.6 Å². The normalized spacial score (nSPS) is 10.8. The van der Waals surface area contributed by atoms with Crippen LogP contribution in [0.1, 0.15) is 11.5 Å². The maximum absolute atomic E-state index is 5.31. The molecule has 0 aliphatic heterocycles. The van der Waals surface area contributed by atoms with Gasteiger partial charge in [0.1, 0.15) is 11.6 Å². The van der Waals surface area contributed by atoms with Crippen molar-refractivity contribution in [2.45, 2.75) is 13.1 Å². The topological polar surface area (TPSA) is 41.3 Å². The summed E-state index contributed by atoms with van der Waals surface area (Å²) >= 11 is 0. The van der Waals surface area contributed by atoms with Crippen molar-refractivity contribution in [3.05, 3.63) is 48.0 Å². The Bertz CT molecular complexity index is 453. The fourth-order valence-corrected chi connectivity index (χ4v) is 1.71. The second-order valence-electron chi connectivity index (χ2n) is 4.02. The van der Waals surface area contributed by atoms with Crippen molar-refractivity contribution in [1.82, 2.24) is 9.88 Å². The van der Waals surface area contributed by atoms with Gasteiger partial charge in [0.2, 0.25) is 0 Å². The van der Waals surface area contributed by atoms with Gasteiger partial charge in [0.25, 0.3) is 0 Å². The van der Waals surface area contributed by atoms with Crippen LogP contribution in [-0.4, -0.2) is 24.0 Å². The fourth-order valence-electron chi connectivity index (χ4n) is 1.71. The first-order chi connectivity index (χ1) is 8.28. The molecule has 2 rings (SSSR count). The summed E-state index contributed by atoms with van der Waals surface area (Å²) in [5.74, 6) is 1.87. The van der Waals surface area contributed by atoms with Gasteiger partial charge in [-0.3, -0.25) is 4.90 Å². The Kier molecular flexibility index (Phi) is 3.77. The predicted molar refractivity (Wildman–Crippen MR) is 67.7 cm³/mol. The number of pyridine rings is 1. The Balaban J connectivity index is 1.95. The zero-order valence-electron chi connectivity index (χ0n) is 10.2. The number of anilines is 1. The van der Waals surface area contributed by atoms with Crippen LogP contribution in [0.25, 0.3) is 0 Å². The third-order valence-electron chi connectivity index (χ3n) is 2.50. The number of aromatic nitrogens is 1. The molecule has 0 saturated carbocycles. The van der Waals surface area contributed by atoms with Crippen LogP contribution in [0, 0.1) is 0 Å². The lowest BCUT2D eigenvalue weighted by molar-refractivity contribution is 0.285. The Morgan fingerprint density at radius 2 is 2.12 bits per heavy atom. The van der Waals surface area contributed by atoms with E-state index in [4.69, 9.17) is 4.42 Å². The second kappa shape index (κ2) is 5.50. The van der Waals surface area contributed by atoms with E-state index in [1.807, 2.05) is 37.4 Å². The third kappa shape index (κ3) is 3.32. The van der Waals surface area contributed by atoms with E-state index in [0.29, 0.717) is 0 Å². The van der Waals surface area contributed by atoms with E-state index >= 15 is 0 Å². The number of nitrogens with zero attached hydrogens (tertiary/aromatic N) is 2. The average molecular weight is 231 g/mol. The van der Waals surface area contributed by atoms with E-state index in [0.717, 1.165) is 30.4 Å². The van der Waals surface area contributed by atoms with E-state index in [-0.39, 0.29) is 0 Å². The van der Waals surface area contributed by atoms with Crippen molar-refractivity contribution in [2.24, 2.45) is 0 Å². The molecule has 0 aliphatic carbocycles. The van der Waals surface area contributed by atoms with Crippen LogP contribution < -0.4 is 5.32 Å². The molecule has 0 atom stereocenters. The van der Waals surface area contributed by atoms with Gasteiger partial charge in [-0.15, -0.1) is 0 Å². The molecule has 17 heavy (non-hydrogen) atoms. The van der Waals surface area contributed by atoms with Crippen LogP contribution in [0.3, 0.4) is 0 Å². The Hall–Kier alpha value is -1.81. The number of rotatable bonds is 5. The van der Waals surface area contributed by atoms with Gasteiger partial charge in [0.05, 0.1) is 18.5 Å². The van der Waals surface area contributed by atoms with Crippen molar-refractivity contribution in [2.75, 3.05) is 19.4 Å². The number of hydrogen-bond acceptors (Lipinski definition) is 4. The van der Waals surface area contributed by atoms with Crippen molar-refractivity contribution in [1.29, 1.82) is 0 Å². The first kappa shape index (κ1) is 11.7. The maximum Gasteiger partial charge on any atom is 0.126 e. The van der Waals surface area contributed by atoms with Crippen LogP contribution in [0.4, 0.5) is 5.82 Å². The summed E-state index contributed by atoms with van der Waals surface area (Å²) in [5, 5.41) is 3.04. The summed E-state index contributed by atoms with van der Waals surface area (Å²) in [6.45, 7) is 1.59. The van der Waals surface area contributed by atoms with Crippen molar-refractivity contribution >= 4 is 5.82 Å². The van der Waals surface area contributed by atoms with Crippen molar-refractivity contribution in [3.63, 3.8) is 0 Å². The summed E-state index contributed by atoms with van der Waals surface area (Å²) in [4.78, 5) is 6.64. The summed E-state index contributed by atoms with van der Waals surface area (Å²) in [5.41, 5.74) is 1.05. The van der Waals surface area contributed by atoms with E-state index in [9.17, 15) is 0 Å². The molecule has 2 aromatic heterocycles.